The molecule has 0 unspecified atom stereocenters. The van der Waals surface area contributed by atoms with E-state index in [2.05, 4.69) is 48.2 Å². The van der Waals surface area contributed by atoms with Crippen LogP contribution in [0, 0.1) is 5.92 Å². The van der Waals surface area contributed by atoms with Crippen LogP contribution in [0.4, 0.5) is 10.8 Å². The number of hydrogen-bond acceptors (Lipinski definition) is 8. The van der Waals surface area contributed by atoms with Crippen LogP contribution in [0.1, 0.15) is 41.5 Å². The Morgan fingerprint density at radius 2 is 1.69 bits per heavy atom. The number of anilines is 2. The van der Waals surface area contributed by atoms with Gasteiger partial charge in [-0.25, -0.2) is 4.98 Å². The van der Waals surface area contributed by atoms with E-state index in [9.17, 15) is 13.2 Å². The van der Waals surface area contributed by atoms with Crippen LogP contribution in [-0.4, -0.2) is 49.4 Å². The van der Waals surface area contributed by atoms with Crippen molar-refractivity contribution in [1.82, 2.24) is 9.88 Å². The first-order valence-electron chi connectivity index (χ1n) is 11.7. The number of carbonyl (C=O) groups is 1. The van der Waals surface area contributed by atoms with Gasteiger partial charge in [0, 0.05) is 42.8 Å². The van der Waals surface area contributed by atoms with E-state index in [1.54, 1.807) is 44.2 Å². The van der Waals surface area contributed by atoms with Gasteiger partial charge in [0.15, 0.2) is 5.13 Å². The van der Waals surface area contributed by atoms with Gasteiger partial charge in [-0.3, -0.25) is 9.69 Å². The first-order chi connectivity index (χ1) is 16.5. The number of carbonyl (C=O) groups excluding carboxylic acids is 1. The maximum absolute atomic E-state index is 12.8. The lowest BCUT2D eigenvalue weighted by Gasteiger charge is -2.30. The average molecular weight is 519 g/mol. The highest BCUT2D eigenvalue weighted by Crippen LogP contribution is 2.31. The molecule has 0 aliphatic heterocycles. The van der Waals surface area contributed by atoms with Crippen molar-refractivity contribution >= 4 is 48.4 Å². The summed E-state index contributed by atoms with van der Waals surface area (Å²) in [5.41, 5.74) is 1.50. The molecule has 10 heteroatoms. The van der Waals surface area contributed by atoms with Crippen molar-refractivity contribution in [2.24, 2.45) is 5.92 Å². The molecule has 0 radical (unpaired) electrons. The fourth-order valence-electron chi connectivity index (χ4n) is 3.62. The molecule has 0 aliphatic carbocycles. The Kier molecular flexibility index (Phi) is 8.74. The van der Waals surface area contributed by atoms with Gasteiger partial charge in [0.05, 0.1) is 10.2 Å². The van der Waals surface area contributed by atoms with Crippen LogP contribution in [0.15, 0.2) is 47.4 Å². The van der Waals surface area contributed by atoms with E-state index in [0.717, 1.165) is 18.8 Å². The molecule has 2 N–H and O–H groups in total. The van der Waals surface area contributed by atoms with E-state index in [0.29, 0.717) is 27.4 Å². The summed E-state index contributed by atoms with van der Waals surface area (Å²) in [4.78, 5) is 18.7. The summed E-state index contributed by atoms with van der Waals surface area (Å²) in [6.07, 6.45) is 0. The molecule has 0 spiro atoms. The Morgan fingerprint density at radius 1 is 1.03 bits per heavy atom. The van der Waals surface area contributed by atoms with Crippen molar-refractivity contribution in [2.75, 3.05) is 23.7 Å². The maximum Gasteiger partial charge on any atom is 0.339 e. The zero-order valence-corrected chi connectivity index (χ0v) is 22.7. The fourth-order valence-corrected chi connectivity index (χ4v) is 5.44. The summed E-state index contributed by atoms with van der Waals surface area (Å²) >= 11 is 1.26. The van der Waals surface area contributed by atoms with E-state index in [1.807, 2.05) is 0 Å². The Balaban J connectivity index is 1.64. The van der Waals surface area contributed by atoms with Crippen LogP contribution >= 0.6 is 11.3 Å². The molecule has 0 bridgehead atoms. The molecule has 1 amide bonds. The molecular formula is C25H34N4O4S2. The predicted molar refractivity (Wildman–Crippen MR) is 143 cm³/mol. The lowest BCUT2D eigenvalue weighted by molar-refractivity contribution is -0.118. The Hall–Kier alpha value is -2.69. The van der Waals surface area contributed by atoms with Gasteiger partial charge >= 0.3 is 10.1 Å². The molecule has 0 aliphatic rings. The number of aromatic nitrogens is 1. The molecule has 0 saturated carbocycles. The number of fused-ring (bicyclic) bond motifs is 1. The van der Waals surface area contributed by atoms with Gasteiger partial charge in [-0.2, -0.15) is 8.42 Å². The molecular weight excluding hydrogens is 484 g/mol. The van der Waals surface area contributed by atoms with Crippen molar-refractivity contribution in [1.29, 1.82) is 0 Å². The van der Waals surface area contributed by atoms with Gasteiger partial charge in [0.1, 0.15) is 10.6 Å². The molecule has 190 valence electrons. The molecule has 2 aromatic carbocycles. The van der Waals surface area contributed by atoms with Gasteiger partial charge < -0.3 is 14.8 Å². The second-order valence-electron chi connectivity index (χ2n) is 9.21. The van der Waals surface area contributed by atoms with Crippen LogP contribution in [0.5, 0.6) is 5.75 Å². The normalized spacial score (nSPS) is 12.2. The zero-order chi connectivity index (χ0) is 25.8. The predicted octanol–water partition coefficient (Wildman–Crippen LogP) is 5.19. The number of nitrogens with zero attached hydrogens (tertiary/aromatic N) is 2. The van der Waals surface area contributed by atoms with Crippen LogP contribution in [0.25, 0.3) is 10.2 Å². The zero-order valence-electron chi connectivity index (χ0n) is 21.0. The number of hydrogen-bond donors (Lipinski definition) is 2. The maximum atomic E-state index is 12.8. The minimum absolute atomic E-state index is 0.0725. The Bertz CT molecular complexity index is 1240. The van der Waals surface area contributed by atoms with Crippen LogP contribution in [-0.2, 0) is 14.9 Å². The van der Waals surface area contributed by atoms with E-state index < -0.39 is 10.1 Å². The summed E-state index contributed by atoms with van der Waals surface area (Å²) in [7, 11) is -4.00. The lowest BCUT2D eigenvalue weighted by atomic mass is 10.2. The summed E-state index contributed by atoms with van der Waals surface area (Å²) in [6, 6.07) is 12.3. The van der Waals surface area contributed by atoms with Crippen LogP contribution < -0.4 is 14.8 Å². The minimum atomic E-state index is -4.00. The molecule has 0 atom stereocenters. The van der Waals surface area contributed by atoms with Gasteiger partial charge in [0.2, 0.25) is 5.91 Å². The molecule has 1 aromatic heterocycles. The second-order valence-corrected chi connectivity index (χ2v) is 11.8. The molecule has 8 nitrogen and oxygen atoms in total. The van der Waals surface area contributed by atoms with Crippen molar-refractivity contribution in [3.63, 3.8) is 0 Å². The van der Waals surface area contributed by atoms with E-state index in [1.165, 1.54) is 23.5 Å². The number of nitrogens with one attached hydrogen (secondary N) is 2. The quantitative estimate of drug-likeness (QED) is 0.337. The summed E-state index contributed by atoms with van der Waals surface area (Å²) < 4.78 is 31.7. The minimum Gasteiger partial charge on any atom is -0.384 e. The van der Waals surface area contributed by atoms with Crippen molar-refractivity contribution in [3.8, 4) is 5.75 Å². The number of amides is 1. The Labute approximate surface area is 211 Å². The molecule has 35 heavy (non-hydrogen) atoms. The molecule has 0 fully saturated rings. The topological polar surface area (TPSA) is 101 Å². The van der Waals surface area contributed by atoms with Crippen molar-refractivity contribution in [2.45, 2.75) is 58.5 Å². The van der Waals surface area contributed by atoms with Gasteiger partial charge in [-0.1, -0.05) is 25.2 Å². The highest BCUT2D eigenvalue weighted by atomic mass is 32.2. The highest BCUT2D eigenvalue weighted by Gasteiger charge is 2.18. The third-order valence-electron chi connectivity index (χ3n) is 5.49. The third-order valence-corrected chi connectivity index (χ3v) is 7.68. The van der Waals surface area contributed by atoms with E-state index in [4.69, 9.17) is 4.18 Å². The monoisotopic (exact) mass is 518 g/mol. The second kappa shape index (κ2) is 11.4. The van der Waals surface area contributed by atoms with Crippen LogP contribution in [0.2, 0.25) is 0 Å². The molecule has 3 rings (SSSR count). The van der Waals surface area contributed by atoms with E-state index in [-0.39, 0.29) is 22.5 Å². The first kappa shape index (κ1) is 26.9. The number of benzene rings is 2. The fraction of sp³-hybridized carbons (Fsp3) is 0.440. The SMILES string of the molecule is CC(C)C(=O)Nc1nc2ccc(OS(=O)(=O)c3ccc(NCCN(C(C)C)C(C)C)cc3)cc2s1. The molecule has 1 heterocycles. The summed E-state index contributed by atoms with van der Waals surface area (Å²) in [5, 5.41) is 6.57. The summed E-state index contributed by atoms with van der Waals surface area (Å²) in [5.74, 6) is -0.104. The van der Waals surface area contributed by atoms with Gasteiger partial charge in [-0.15, -0.1) is 0 Å². The lowest BCUT2D eigenvalue weighted by Crippen LogP contribution is -2.40. The summed E-state index contributed by atoms with van der Waals surface area (Å²) in [6.45, 7) is 14.0. The Morgan fingerprint density at radius 3 is 2.29 bits per heavy atom. The van der Waals surface area contributed by atoms with Crippen molar-refractivity contribution < 1.29 is 17.4 Å². The number of thiazole rings is 1. The first-order valence-corrected chi connectivity index (χ1v) is 13.9. The molecule has 3 aromatic rings. The van der Waals surface area contributed by atoms with Crippen molar-refractivity contribution in [3.05, 3.63) is 42.5 Å². The standard InChI is InChI=1S/C25H34N4O4S2/c1-16(2)24(30)28-25-27-22-12-9-20(15-23(22)34-25)33-35(31,32)21-10-7-19(8-11-21)26-13-14-29(17(3)4)18(5)6/h7-12,15-18,26H,13-14H2,1-6H3,(H,27,28,30). The van der Waals surface area contributed by atoms with E-state index >= 15 is 0 Å². The molecule has 0 saturated heterocycles. The van der Waals surface area contributed by atoms with Crippen LogP contribution in [0.3, 0.4) is 0 Å². The third kappa shape index (κ3) is 7.16. The highest BCUT2D eigenvalue weighted by molar-refractivity contribution is 7.87. The largest absolute Gasteiger partial charge is 0.384 e. The smallest absolute Gasteiger partial charge is 0.339 e. The number of rotatable bonds is 11. The van der Waals surface area contributed by atoms with Gasteiger partial charge in [0.25, 0.3) is 0 Å². The average Bonchev–Trinajstić information content (AvgIpc) is 3.17. The van der Waals surface area contributed by atoms with Gasteiger partial charge in [-0.05, 0) is 64.1 Å².